The normalized spacial score (nSPS) is 16.0. The number of rotatable bonds is 7. The highest BCUT2D eigenvalue weighted by molar-refractivity contribution is 6.04. The van der Waals surface area contributed by atoms with Gasteiger partial charge < -0.3 is 20.0 Å². The monoisotopic (exact) mass is 443 g/mol. The zero-order valence-electron chi connectivity index (χ0n) is 18.8. The molecule has 1 N–H and O–H groups in total. The van der Waals surface area contributed by atoms with Crippen LogP contribution in [0.15, 0.2) is 36.5 Å². The summed E-state index contributed by atoms with van der Waals surface area (Å²) in [7, 11) is 3.60. The number of hydrogen-bond acceptors (Lipinski definition) is 5. The molecule has 1 aliphatic carbocycles. The third-order valence-corrected chi connectivity index (χ3v) is 6.01. The average Bonchev–Trinajstić information content (AvgIpc) is 3.62. The maximum Gasteiger partial charge on any atom is 0.259 e. The molecular formula is C24H34ClN5O. The number of nitrogens with one attached hydrogen (secondary N) is 1. The SMILES string of the molecule is CCCNc1nccc(N2CCN(c3ccccc3C3CC3)CC2)c1C(=O)N(C)C.Cl. The van der Waals surface area contributed by atoms with Crippen LogP contribution in [0.1, 0.15) is 48.0 Å². The fourth-order valence-corrected chi connectivity index (χ4v) is 4.23. The van der Waals surface area contributed by atoms with Gasteiger partial charge in [0.15, 0.2) is 0 Å². The molecule has 2 fully saturated rings. The van der Waals surface area contributed by atoms with Crippen LogP contribution in [0.4, 0.5) is 17.2 Å². The third-order valence-electron chi connectivity index (χ3n) is 6.01. The van der Waals surface area contributed by atoms with Crippen LogP contribution in [-0.4, -0.2) is 62.6 Å². The highest BCUT2D eigenvalue weighted by Gasteiger charge is 2.30. The number of halogens is 1. The van der Waals surface area contributed by atoms with Crippen molar-refractivity contribution in [2.24, 2.45) is 0 Å². The van der Waals surface area contributed by atoms with E-state index in [1.807, 2.05) is 12.3 Å². The van der Waals surface area contributed by atoms with Gasteiger partial charge >= 0.3 is 0 Å². The Morgan fingerprint density at radius 3 is 2.32 bits per heavy atom. The molecule has 0 unspecified atom stereocenters. The molecule has 0 bridgehead atoms. The summed E-state index contributed by atoms with van der Waals surface area (Å²) in [5.41, 5.74) is 4.56. The lowest BCUT2D eigenvalue weighted by molar-refractivity contribution is 0.0828. The van der Waals surface area contributed by atoms with E-state index >= 15 is 0 Å². The second kappa shape index (κ2) is 10.2. The number of carbonyl (C=O) groups excluding carboxylic acids is 1. The van der Waals surface area contributed by atoms with Crippen molar-refractivity contribution in [1.82, 2.24) is 9.88 Å². The molecule has 1 aliphatic heterocycles. The van der Waals surface area contributed by atoms with Gasteiger partial charge in [-0.25, -0.2) is 4.98 Å². The smallest absolute Gasteiger partial charge is 0.259 e. The molecule has 0 atom stereocenters. The minimum absolute atomic E-state index is 0. The number of para-hydroxylation sites is 1. The van der Waals surface area contributed by atoms with Crippen LogP contribution >= 0.6 is 12.4 Å². The van der Waals surface area contributed by atoms with Crippen molar-refractivity contribution in [3.63, 3.8) is 0 Å². The topological polar surface area (TPSA) is 51.7 Å². The summed E-state index contributed by atoms with van der Waals surface area (Å²) >= 11 is 0. The molecule has 1 saturated carbocycles. The third kappa shape index (κ3) is 5.06. The average molecular weight is 444 g/mol. The fourth-order valence-electron chi connectivity index (χ4n) is 4.23. The molecule has 168 valence electrons. The fraction of sp³-hybridized carbons (Fsp3) is 0.500. The quantitative estimate of drug-likeness (QED) is 0.693. The summed E-state index contributed by atoms with van der Waals surface area (Å²) in [5.74, 6) is 1.43. The lowest BCUT2D eigenvalue weighted by atomic mass is 10.1. The van der Waals surface area contributed by atoms with Crippen molar-refractivity contribution in [2.75, 3.05) is 61.9 Å². The molecule has 1 aromatic carbocycles. The number of aromatic nitrogens is 1. The van der Waals surface area contributed by atoms with E-state index in [0.29, 0.717) is 11.4 Å². The van der Waals surface area contributed by atoms with Crippen LogP contribution in [0.3, 0.4) is 0 Å². The first-order valence-corrected chi connectivity index (χ1v) is 11.1. The predicted octanol–water partition coefficient (Wildman–Crippen LogP) is 4.23. The molecule has 2 aromatic rings. The molecule has 1 amide bonds. The number of pyridine rings is 1. The van der Waals surface area contributed by atoms with Gasteiger partial charge in [-0.1, -0.05) is 25.1 Å². The first-order chi connectivity index (χ1) is 14.6. The zero-order valence-corrected chi connectivity index (χ0v) is 19.6. The van der Waals surface area contributed by atoms with Crippen LogP contribution in [0, 0.1) is 0 Å². The van der Waals surface area contributed by atoms with E-state index < -0.39 is 0 Å². The molecular weight excluding hydrogens is 410 g/mol. The van der Waals surface area contributed by atoms with Gasteiger partial charge in [0, 0.05) is 58.7 Å². The first-order valence-electron chi connectivity index (χ1n) is 11.1. The van der Waals surface area contributed by atoms with Gasteiger partial charge in [0.2, 0.25) is 0 Å². The number of benzene rings is 1. The molecule has 0 spiro atoms. The van der Waals surface area contributed by atoms with E-state index in [4.69, 9.17) is 0 Å². The maximum atomic E-state index is 13.0. The van der Waals surface area contributed by atoms with Crippen molar-refractivity contribution in [3.05, 3.63) is 47.7 Å². The van der Waals surface area contributed by atoms with Crippen LogP contribution in [0.5, 0.6) is 0 Å². The van der Waals surface area contributed by atoms with Crippen LogP contribution in [0.2, 0.25) is 0 Å². The Morgan fingerprint density at radius 2 is 1.71 bits per heavy atom. The first kappa shape index (κ1) is 23.2. The van der Waals surface area contributed by atoms with Gasteiger partial charge in [0.25, 0.3) is 5.91 Å². The van der Waals surface area contributed by atoms with Crippen molar-refractivity contribution in [3.8, 4) is 0 Å². The Kier molecular flexibility index (Phi) is 7.65. The molecule has 6 nitrogen and oxygen atoms in total. The lowest BCUT2D eigenvalue weighted by Gasteiger charge is -2.39. The maximum absolute atomic E-state index is 13.0. The molecule has 7 heteroatoms. The molecule has 2 aliphatic rings. The molecule has 31 heavy (non-hydrogen) atoms. The Balaban J connectivity index is 0.00000272. The number of carbonyl (C=O) groups is 1. The Bertz CT molecular complexity index is 891. The zero-order chi connectivity index (χ0) is 21.1. The second-order valence-electron chi connectivity index (χ2n) is 8.49. The highest BCUT2D eigenvalue weighted by atomic mass is 35.5. The van der Waals surface area contributed by atoms with E-state index in [-0.39, 0.29) is 18.3 Å². The Morgan fingerprint density at radius 1 is 1.06 bits per heavy atom. The van der Waals surface area contributed by atoms with Crippen molar-refractivity contribution in [1.29, 1.82) is 0 Å². The minimum Gasteiger partial charge on any atom is -0.369 e. The lowest BCUT2D eigenvalue weighted by Crippen LogP contribution is -2.47. The summed E-state index contributed by atoms with van der Waals surface area (Å²) < 4.78 is 0. The van der Waals surface area contributed by atoms with Crippen LogP contribution in [-0.2, 0) is 0 Å². The van der Waals surface area contributed by atoms with Gasteiger partial charge in [-0.05, 0) is 42.9 Å². The van der Waals surface area contributed by atoms with Crippen molar-refractivity contribution < 1.29 is 4.79 Å². The summed E-state index contributed by atoms with van der Waals surface area (Å²) in [5, 5.41) is 3.34. The van der Waals surface area contributed by atoms with Gasteiger partial charge in [-0.3, -0.25) is 4.79 Å². The standard InChI is InChI=1S/C24H33N5O.ClH/c1-4-12-25-23-22(24(30)27(2)3)21(11-13-26-23)29-16-14-28(15-17-29)20-8-6-5-7-19(20)18-9-10-18;/h5-8,11,13,18H,4,9-10,12,14-17H2,1-3H3,(H,25,26);1H. The van der Waals surface area contributed by atoms with Crippen LogP contribution < -0.4 is 15.1 Å². The Labute approximate surface area is 192 Å². The number of anilines is 3. The van der Waals surface area contributed by atoms with E-state index in [2.05, 4.69) is 51.3 Å². The van der Waals surface area contributed by atoms with E-state index in [9.17, 15) is 4.79 Å². The second-order valence-corrected chi connectivity index (χ2v) is 8.49. The molecule has 4 rings (SSSR count). The minimum atomic E-state index is -0.00166. The largest absolute Gasteiger partial charge is 0.369 e. The molecule has 1 aromatic heterocycles. The van der Waals surface area contributed by atoms with E-state index in [1.165, 1.54) is 24.1 Å². The van der Waals surface area contributed by atoms with Gasteiger partial charge in [-0.2, -0.15) is 0 Å². The predicted molar refractivity (Wildman–Crippen MR) is 131 cm³/mol. The van der Waals surface area contributed by atoms with Gasteiger partial charge in [0.05, 0.1) is 5.69 Å². The Hall–Kier alpha value is -2.47. The number of amides is 1. The van der Waals surface area contributed by atoms with Crippen molar-refractivity contribution in [2.45, 2.75) is 32.1 Å². The van der Waals surface area contributed by atoms with Gasteiger partial charge in [0.1, 0.15) is 11.4 Å². The molecule has 0 radical (unpaired) electrons. The number of nitrogens with zero attached hydrogens (tertiary/aromatic N) is 4. The summed E-state index contributed by atoms with van der Waals surface area (Å²) in [6.07, 6.45) is 5.43. The number of piperazine rings is 1. The molecule has 2 heterocycles. The van der Waals surface area contributed by atoms with Crippen LogP contribution in [0.25, 0.3) is 0 Å². The van der Waals surface area contributed by atoms with E-state index in [1.54, 1.807) is 19.0 Å². The summed E-state index contributed by atoms with van der Waals surface area (Å²) in [4.78, 5) is 24.0. The van der Waals surface area contributed by atoms with E-state index in [0.717, 1.165) is 50.7 Å². The van der Waals surface area contributed by atoms with Gasteiger partial charge in [-0.15, -0.1) is 12.4 Å². The molecule has 1 saturated heterocycles. The van der Waals surface area contributed by atoms with Crippen molar-refractivity contribution >= 4 is 35.5 Å². The highest BCUT2D eigenvalue weighted by Crippen LogP contribution is 2.44. The summed E-state index contributed by atoms with van der Waals surface area (Å²) in [6.45, 7) is 6.62. The number of hydrogen-bond donors (Lipinski definition) is 1. The summed E-state index contributed by atoms with van der Waals surface area (Å²) in [6, 6.07) is 10.9.